The van der Waals surface area contributed by atoms with Gasteiger partial charge in [0.15, 0.2) is 5.82 Å². The van der Waals surface area contributed by atoms with Gasteiger partial charge >= 0.3 is 0 Å². The van der Waals surface area contributed by atoms with Crippen molar-refractivity contribution in [2.24, 2.45) is 0 Å². The largest absolute Gasteiger partial charge is 0.309 e. The summed E-state index contributed by atoms with van der Waals surface area (Å²) in [6, 6.07) is 77.5. The van der Waals surface area contributed by atoms with Crippen LogP contribution in [0.2, 0.25) is 0 Å². The number of pyridine rings is 1. The average molecular weight is 777 g/mol. The molecule has 0 atom stereocenters. The quantitative estimate of drug-likeness (QED) is 0.158. The standard InChI is InChI=1S/C57H36N4/c1-5-15-38(16-6-1)52-36-53(60-57(59-52)40-19-9-3-10-20-40)43-28-26-37-25-27-41(31-44(37)32-43)42-29-30-54-48(33-42)49-34-50-47(35-55(49)61(54)45-21-11-4-12-22-45)46-23-13-14-24-51(46)58-56(50)39-17-7-2-8-18-39/h1-36H. The minimum Gasteiger partial charge on any atom is -0.309 e. The summed E-state index contributed by atoms with van der Waals surface area (Å²) in [6.07, 6.45) is 0. The second-order valence-electron chi connectivity index (χ2n) is 15.6. The lowest BCUT2D eigenvalue weighted by molar-refractivity contribution is 1.18. The van der Waals surface area contributed by atoms with Crippen molar-refractivity contribution in [2.45, 2.75) is 0 Å². The molecule has 0 radical (unpaired) electrons. The zero-order chi connectivity index (χ0) is 40.3. The molecule has 0 bridgehead atoms. The van der Waals surface area contributed by atoms with Crippen molar-refractivity contribution in [2.75, 3.05) is 0 Å². The molecule has 3 aromatic heterocycles. The number of hydrogen-bond acceptors (Lipinski definition) is 3. The maximum absolute atomic E-state index is 5.27. The molecule has 0 amide bonds. The zero-order valence-corrected chi connectivity index (χ0v) is 33.1. The first-order chi connectivity index (χ1) is 30.2. The first kappa shape index (κ1) is 34.8. The number of hydrogen-bond donors (Lipinski definition) is 0. The number of rotatable bonds is 6. The molecule has 0 N–H and O–H groups in total. The lowest BCUT2D eigenvalue weighted by atomic mass is 9.96. The number of para-hydroxylation sites is 2. The summed E-state index contributed by atoms with van der Waals surface area (Å²) in [6.45, 7) is 0. The molecule has 4 nitrogen and oxygen atoms in total. The van der Waals surface area contributed by atoms with Gasteiger partial charge in [0.2, 0.25) is 0 Å². The van der Waals surface area contributed by atoms with Crippen molar-refractivity contribution in [3.05, 3.63) is 218 Å². The fraction of sp³-hybridized carbons (Fsp3) is 0. The Bertz CT molecular complexity index is 3560. The smallest absolute Gasteiger partial charge is 0.160 e. The molecule has 0 unspecified atom stereocenters. The Labute approximate surface area is 352 Å². The molecule has 9 aromatic carbocycles. The Hall–Kier alpha value is -8.21. The lowest BCUT2D eigenvalue weighted by Gasteiger charge is -2.12. The summed E-state index contributed by atoms with van der Waals surface area (Å²) in [5, 5.41) is 8.20. The molecule has 0 saturated carbocycles. The molecule has 12 rings (SSSR count). The second kappa shape index (κ2) is 14.3. The highest BCUT2D eigenvalue weighted by Crippen LogP contribution is 2.41. The van der Waals surface area contributed by atoms with Gasteiger partial charge in [0.05, 0.1) is 33.6 Å². The summed E-state index contributed by atoms with van der Waals surface area (Å²) in [5.74, 6) is 0.710. The summed E-state index contributed by atoms with van der Waals surface area (Å²) in [5.41, 5.74) is 13.7. The molecule has 12 aromatic rings. The lowest BCUT2D eigenvalue weighted by Crippen LogP contribution is -1.95. The summed E-state index contributed by atoms with van der Waals surface area (Å²) < 4.78 is 2.41. The van der Waals surface area contributed by atoms with E-state index < -0.39 is 0 Å². The van der Waals surface area contributed by atoms with Gasteiger partial charge < -0.3 is 4.57 Å². The molecule has 0 aliphatic heterocycles. The molecule has 61 heavy (non-hydrogen) atoms. The third-order valence-corrected chi connectivity index (χ3v) is 11.9. The van der Waals surface area contributed by atoms with Gasteiger partial charge in [-0.25, -0.2) is 15.0 Å². The van der Waals surface area contributed by atoms with Crippen LogP contribution in [-0.4, -0.2) is 19.5 Å². The van der Waals surface area contributed by atoms with Crippen LogP contribution in [0.15, 0.2) is 218 Å². The van der Waals surface area contributed by atoms with Crippen LogP contribution < -0.4 is 0 Å². The number of nitrogens with zero attached hydrogens (tertiary/aromatic N) is 4. The molecule has 0 fully saturated rings. The Morgan fingerprint density at radius 3 is 1.62 bits per heavy atom. The maximum Gasteiger partial charge on any atom is 0.160 e. The average Bonchev–Trinajstić information content (AvgIpc) is 3.66. The van der Waals surface area contributed by atoms with Gasteiger partial charge in [-0.3, -0.25) is 0 Å². The van der Waals surface area contributed by atoms with Crippen molar-refractivity contribution >= 4 is 54.3 Å². The van der Waals surface area contributed by atoms with Gasteiger partial charge in [0.1, 0.15) is 0 Å². The normalized spacial score (nSPS) is 11.6. The van der Waals surface area contributed by atoms with Crippen LogP contribution in [0.3, 0.4) is 0 Å². The highest BCUT2D eigenvalue weighted by Gasteiger charge is 2.19. The first-order valence-electron chi connectivity index (χ1n) is 20.7. The van der Waals surface area contributed by atoms with Crippen molar-refractivity contribution in [3.63, 3.8) is 0 Å². The third kappa shape index (κ3) is 6.04. The summed E-state index contributed by atoms with van der Waals surface area (Å²) in [7, 11) is 0. The van der Waals surface area contributed by atoms with Crippen LogP contribution in [0.25, 0.3) is 116 Å². The van der Waals surface area contributed by atoms with E-state index in [1.807, 2.05) is 24.3 Å². The Morgan fingerprint density at radius 2 is 0.869 bits per heavy atom. The van der Waals surface area contributed by atoms with E-state index in [1.165, 1.54) is 27.1 Å². The van der Waals surface area contributed by atoms with Crippen LogP contribution in [0, 0.1) is 0 Å². The third-order valence-electron chi connectivity index (χ3n) is 11.9. The minimum absolute atomic E-state index is 0.710. The predicted molar refractivity (Wildman–Crippen MR) is 254 cm³/mol. The number of aromatic nitrogens is 4. The molecule has 3 heterocycles. The van der Waals surface area contributed by atoms with E-state index in [-0.39, 0.29) is 0 Å². The van der Waals surface area contributed by atoms with Crippen molar-refractivity contribution in [1.82, 2.24) is 19.5 Å². The molecule has 0 saturated heterocycles. The molecule has 0 spiro atoms. The molecule has 0 aliphatic carbocycles. The monoisotopic (exact) mass is 776 g/mol. The zero-order valence-electron chi connectivity index (χ0n) is 33.1. The van der Waals surface area contributed by atoms with E-state index in [1.54, 1.807) is 0 Å². The van der Waals surface area contributed by atoms with Crippen LogP contribution in [-0.2, 0) is 0 Å². The van der Waals surface area contributed by atoms with E-state index in [4.69, 9.17) is 15.0 Å². The Morgan fingerprint density at radius 1 is 0.295 bits per heavy atom. The van der Waals surface area contributed by atoms with Gasteiger partial charge in [-0.05, 0) is 87.9 Å². The summed E-state index contributed by atoms with van der Waals surface area (Å²) in [4.78, 5) is 15.4. The van der Waals surface area contributed by atoms with Crippen molar-refractivity contribution in [3.8, 4) is 62.0 Å². The maximum atomic E-state index is 5.27. The topological polar surface area (TPSA) is 43.6 Å². The van der Waals surface area contributed by atoms with E-state index >= 15 is 0 Å². The summed E-state index contributed by atoms with van der Waals surface area (Å²) >= 11 is 0. The van der Waals surface area contributed by atoms with Crippen LogP contribution >= 0.6 is 0 Å². The molecular weight excluding hydrogens is 741 g/mol. The van der Waals surface area contributed by atoms with E-state index in [0.717, 1.165) is 83.3 Å². The molecule has 284 valence electrons. The van der Waals surface area contributed by atoms with Crippen molar-refractivity contribution in [1.29, 1.82) is 0 Å². The van der Waals surface area contributed by atoms with Crippen LogP contribution in [0.5, 0.6) is 0 Å². The van der Waals surface area contributed by atoms with E-state index in [9.17, 15) is 0 Å². The van der Waals surface area contributed by atoms with Gasteiger partial charge in [0.25, 0.3) is 0 Å². The molecule has 4 heteroatoms. The van der Waals surface area contributed by atoms with E-state index in [2.05, 4.69) is 199 Å². The van der Waals surface area contributed by atoms with Gasteiger partial charge in [-0.15, -0.1) is 0 Å². The highest BCUT2D eigenvalue weighted by atomic mass is 15.0. The molecular formula is C57H36N4. The van der Waals surface area contributed by atoms with E-state index in [0.29, 0.717) is 5.82 Å². The van der Waals surface area contributed by atoms with Gasteiger partial charge in [0, 0.05) is 49.5 Å². The van der Waals surface area contributed by atoms with Crippen LogP contribution in [0.1, 0.15) is 0 Å². The van der Waals surface area contributed by atoms with Gasteiger partial charge in [-0.2, -0.15) is 0 Å². The van der Waals surface area contributed by atoms with Gasteiger partial charge in [-0.1, -0.05) is 158 Å². The SMILES string of the molecule is c1ccc(-c2cc(-c3ccc4ccc(-c5ccc6c(c5)c5cc7c(-c8ccccc8)nc8ccccc8c7cc5n6-c5ccccc5)cc4c3)nc(-c3ccccc3)n2)cc1. The first-order valence-corrected chi connectivity index (χ1v) is 20.7. The number of fused-ring (bicyclic) bond motifs is 7. The number of benzene rings is 9. The fourth-order valence-electron chi connectivity index (χ4n) is 8.97. The minimum atomic E-state index is 0.710. The second-order valence-corrected chi connectivity index (χ2v) is 15.6. The highest BCUT2D eigenvalue weighted by molar-refractivity contribution is 6.20. The Balaban J connectivity index is 1.04. The van der Waals surface area contributed by atoms with Crippen molar-refractivity contribution < 1.29 is 0 Å². The Kier molecular flexibility index (Phi) is 8.13. The fourth-order valence-corrected chi connectivity index (χ4v) is 8.97. The van der Waals surface area contributed by atoms with Crippen LogP contribution in [0.4, 0.5) is 0 Å². The molecule has 0 aliphatic rings. The predicted octanol–water partition coefficient (Wildman–Crippen LogP) is 14.8.